The highest BCUT2D eigenvalue weighted by Crippen LogP contribution is 2.33. The topological polar surface area (TPSA) is 105 Å². The van der Waals surface area contributed by atoms with Crippen molar-refractivity contribution >= 4 is 21.8 Å². The standard InChI is InChI=1S/C21H27N5O4S/c1-16-18(21(27)24-17-7-3-2-4-8-17)15-22-20(23-16)19-9-5-6-10-26(19)31(28,29)25-11-13-30-14-12-25/h2-4,7-8,15,19H,5-6,9-14H2,1H3,(H,24,27)/t19-/m1/s1. The van der Waals surface area contributed by atoms with Crippen molar-refractivity contribution in [2.75, 3.05) is 38.2 Å². The molecule has 1 aromatic heterocycles. The quantitative estimate of drug-likeness (QED) is 0.756. The Morgan fingerprint density at radius 1 is 1.13 bits per heavy atom. The maximum atomic E-state index is 13.3. The number of benzene rings is 1. The number of morpholine rings is 1. The molecule has 0 unspecified atom stereocenters. The van der Waals surface area contributed by atoms with Gasteiger partial charge in [0, 0.05) is 31.5 Å². The average molecular weight is 446 g/mol. The molecule has 0 saturated carbocycles. The molecule has 1 N–H and O–H groups in total. The van der Waals surface area contributed by atoms with Gasteiger partial charge in [-0.3, -0.25) is 4.79 Å². The summed E-state index contributed by atoms with van der Waals surface area (Å²) >= 11 is 0. The molecule has 0 radical (unpaired) electrons. The van der Waals surface area contributed by atoms with E-state index in [9.17, 15) is 13.2 Å². The first-order valence-electron chi connectivity index (χ1n) is 10.5. The van der Waals surface area contributed by atoms with Gasteiger partial charge in [-0.25, -0.2) is 9.97 Å². The van der Waals surface area contributed by atoms with Crippen LogP contribution in [0.2, 0.25) is 0 Å². The molecule has 9 nitrogen and oxygen atoms in total. The Morgan fingerprint density at radius 2 is 1.87 bits per heavy atom. The van der Waals surface area contributed by atoms with Gasteiger partial charge in [-0.1, -0.05) is 24.6 Å². The van der Waals surface area contributed by atoms with Crippen LogP contribution in [0.3, 0.4) is 0 Å². The third kappa shape index (κ3) is 4.77. The number of para-hydroxylation sites is 1. The molecule has 2 fully saturated rings. The van der Waals surface area contributed by atoms with E-state index in [0.29, 0.717) is 62.0 Å². The minimum Gasteiger partial charge on any atom is -0.379 e. The first kappa shape index (κ1) is 21.8. The number of nitrogens with one attached hydrogen (secondary N) is 1. The Kier molecular flexibility index (Phi) is 6.61. The molecular weight excluding hydrogens is 418 g/mol. The molecule has 2 aliphatic heterocycles. The van der Waals surface area contributed by atoms with E-state index in [4.69, 9.17) is 4.74 Å². The first-order valence-corrected chi connectivity index (χ1v) is 11.9. The number of anilines is 1. The lowest BCUT2D eigenvalue weighted by Crippen LogP contribution is -2.51. The molecule has 0 bridgehead atoms. The van der Waals surface area contributed by atoms with Crippen LogP contribution in [0.15, 0.2) is 36.5 Å². The van der Waals surface area contributed by atoms with Crippen molar-refractivity contribution in [1.29, 1.82) is 0 Å². The van der Waals surface area contributed by atoms with Gasteiger partial charge in [-0.2, -0.15) is 17.0 Å². The second kappa shape index (κ2) is 9.39. The van der Waals surface area contributed by atoms with Crippen LogP contribution in [0, 0.1) is 6.92 Å². The number of aryl methyl sites for hydroxylation is 1. The zero-order chi connectivity index (χ0) is 21.8. The lowest BCUT2D eigenvalue weighted by atomic mass is 10.0. The van der Waals surface area contributed by atoms with Crippen LogP contribution in [0.5, 0.6) is 0 Å². The third-order valence-corrected chi connectivity index (χ3v) is 7.67. The van der Waals surface area contributed by atoms with Gasteiger partial charge in [-0.15, -0.1) is 0 Å². The molecule has 1 atom stereocenters. The Morgan fingerprint density at radius 3 is 2.58 bits per heavy atom. The number of rotatable bonds is 5. The van der Waals surface area contributed by atoms with Crippen molar-refractivity contribution in [1.82, 2.24) is 18.6 Å². The van der Waals surface area contributed by atoms with Gasteiger partial charge in [0.2, 0.25) is 0 Å². The van der Waals surface area contributed by atoms with Gasteiger partial charge in [0.05, 0.1) is 30.5 Å². The summed E-state index contributed by atoms with van der Waals surface area (Å²) in [6, 6.07) is 8.73. The number of amides is 1. The molecule has 10 heteroatoms. The number of carbonyl (C=O) groups excluding carboxylic acids is 1. The van der Waals surface area contributed by atoms with E-state index in [2.05, 4.69) is 15.3 Å². The van der Waals surface area contributed by atoms with E-state index >= 15 is 0 Å². The summed E-state index contributed by atoms with van der Waals surface area (Å²) in [5.41, 5.74) is 1.57. The Labute approximate surface area is 182 Å². The summed E-state index contributed by atoms with van der Waals surface area (Å²) < 4.78 is 34.8. The molecular formula is C21H27N5O4S. The third-order valence-electron chi connectivity index (χ3n) is 5.62. The number of hydrogen-bond donors (Lipinski definition) is 1. The van der Waals surface area contributed by atoms with Crippen molar-refractivity contribution in [3.05, 3.63) is 53.6 Å². The average Bonchev–Trinajstić information content (AvgIpc) is 2.80. The van der Waals surface area contributed by atoms with Crippen molar-refractivity contribution in [3.63, 3.8) is 0 Å². The van der Waals surface area contributed by atoms with Crippen LogP contribution in [0.25, 0.3) is 0 Å². The number of ether oxygens (including phenoxy) is 1. The van der Waals surface area contributed by atoms with Crippen molar-refractivity contribution in [2.24, 2.45) is 0 Å². The van der Waals surface area contributed by atoms with E-state index in [-0.39, 0.29) is 5.91 Å². The van der Waals surface area contributed by atoms with E-state index in [1.54, 1.807) is 19.1 Å². The number of nitrogens with zero attached hydrogens (tertiary/aromatic N) is 4. The summed E-state index contributed by atoms with van der Waals surface area (Å²) in [6.45, 7) is 3.68. The number of aromatic nitrogens is 2. The van der Waals surface area contributed by atoms with Crippen molar-refractivity contribution < 1.29 is 17.9 Å². The maximum Gasteiger partial charge on any atom is 0.282 e. The largest absolute Gasteiger partial charge is 0.379 e. The van der Waals surface area contributed by atoms with Crippen LogP contribution < -0.4 is 5.32 Å². The SMILES string of the molecule is Cc1nc([C@H]2CCCCN2S(=O)(=O)N2CCOCC2)ncc1C(=O)Nc1ccccc1. The van der Waals surface area contributed by atoms with Gasteiger partial charge < -0.3 is 10.1 Å². The summed E-state index contributed by atoms with van der Waals surface area (Å²) in [5.74, 6) is 0.141. The molecule has 4 rings (SSSR count). The molecule has 1 amide bonds. The fourth-order valence-electron chi connectivity index (χ4n) is 3.95. The summed E-state index contributed by atoms with van der Waals surface area (Å²) in [5, 5.41) is 2.83. The van der Waals surface area contributed by atoms with Crippen LogP contribution >= 0.6 is 0 Å². The van der Waals surface area contributed by atoms with Gasteiger partial charge in [-0.05, 0) is 31.9 Å². The monoisotopic (exact) mass is 445 g/mol. The zero-order valence-corrected chi connectivity index (χ0v) is 18.3. The van der Waals surface area contributed by atoms with Crippen LogP contribution in [0.1, 0.15) is 47.2 Å². The van der Waals surface area contributed by atoms with Crippen LogP contribution in [-0.2, 0) is 14.9 Å². The normalized spacial score (nSPS) is 21.0. The molecule has 2 saturated heterocycles. The summed E-state index contributed by atoms with van der Waals surface area (Å²) in [6.07, 6.45) is 3.84. The first-order chi connectivity index (χ1) is 15.0. The van der Waals surface area contributed by atoms with E-state index in [1.165, 1.54) is 14.8 Å². The molecule has 2 aromatic rings. The smallest absolute Gasteiger partial charge is 0.282 e. The highest BCUT2D eigenvalue weighted by atomic mass is 32.2. The van der Waals surface area contributed by atoms with Gasteiger partial charge in [0.25, 0.3) is 16.1 Å². The predicted molar refractivity (Wildman–Crippen MR) is 116 cm³/mol. The molecule has 3 heterocycles. The van der Waals surface area contributed by atoms with Gasteiger partial charge >= 0.3 is 0 Å². The number of piperidine rings is 1. The lowest BCUT2D eigenvalue weighted by molar-refractivity contribution is 0.0680. The second-order valence-corrected chi connectivity index (χ2v) is 9.57. The van der Waals surface area contributed by atoms with Crippen molar-refractivity contribution in [3.8, 4) is 0 Å². The Bertz CT molecular complexity index is 1030. The molecule has 166 valence electrons. The number of carbonyl (C=O) groups is 1. The fourth-order valence-corrected chi connectivity index (χ4v) is 5.74. The van der Waals surface area contributed by atoms with Crippen LogP contribution in [0.4, 0.5) is 5.69 Å². The Hall–Kier alpha value is -2.40. The summed E-state index contributed by atoms with van der Waals surface area (Å²) in [7, 11) is -3.64. The highest BCUT2D eigenvalue weighted by Gasteiger charge is 2.39. The Balaban J connectivity index is 1.56. The van der Waals surface area contributed by atoms with Crippen LogP contribution in [-0.4, -0.2) is 65.8 Å². The number of hydrogen-bond acceptors (Lipinski definition) is 6. The zero-order valence-electron chi connectivity index (χ0n) is 17.5. The fraction of sp³-hybridized carbons (Fsp3) is 0.476. The highest BCUT2D eigenvalue weighted by molar-refractivity contribution is 7.86. The second-order valence-electron chi connectivity index (χ2n) is 7.69. The van der Waals surface area contributed by atoms with E-state index in [0.717, 1.165) is 12.8 Å². The molecule has 0 spiro atoms. The van der Waals surface area contributed by atoms with Gasteiger partial charge in [0.1, 0.15) is 5.82 Å². The van der Waals surface area contributed by atoms with Crippen molar-refractivity contribution in [2.45, 2.75) is 32.2 Å². The predicted octanol–water partition coefficient (Wildman–Crippen LogP) is 2.14. The molecule has 1 aromatic carbocycles. The minimum absolute atomic E-state index is 0.295. The molecule has 31 heavy (non-hydrogen) atoms. The van der Waals surface area contributed by atoms with E-state index in [1.807, 2.05) is 18.2 Å². The minimum atomic E-state index is -3.64. The maximum absolute atomic E-state index is 13.3. The van der Waals surface area contributed by atoms with Gasteiger partial charge in [0.15, 0.2) is 0 Å². The lowest BCUT2D eigenvalue weighted by Gasteiger charge is -2.38. The molecule has 2 aliphatic rings. The summed E-state index contributed by atoms with van der Waals surface area (Å²) in [4.78, 5) is 21.6. The molecule has 0 aliphatic carbocycles. The van der Waals surface area contributed by atoms with E-state index < -0.39 is 16.3 Å².